The Hall–Kier alpha value is -0.600. The highest BCUT2D eigenvalue weighted by atomic mass is 35.5. The summed E-state index contributed by atoms with van der Waals surface area (Å²) in [6, 6.07) is 3.14. The molecule has 1 nitrogen and oxygen atoms in total. The number of aryl methyl sites for hydroxylation is 1. The van der Waals surface area contributed by atoms with Crippen LogP contribution in [0.2, 0.25) is 5.02 Å². The monoisotopic (exact) mass is 201 g/mol. The molecule has 0 aromatic heterocycles. The lowest BCUT2D eigenvalue weighted by Crippen LogP contribution is -2.02. The molecule has 0 amide bonds. The molecule has 1 aromatic rings. The van der Waals surface area contributed by atoms with Crippen molar-refractivity contribution in [2.45, 2.75) is 19.8 Å². The van der Waals surface area contributed by atoms with E-state index < -0.39 is 0 Å². The quantitative estimate of drug-likeness (QED) is 0.800. The second kappa shape index (κ2) is 4.58. The third kappa shape index (κ3) is 2.42. The Kier molecular flexibility index (Phi) is 3.70. The van der Waals surface area contributed by atoms with Gasteiger partial charge in [-0.3, -0.25) is 0 Å². The number of rotatable bonds is 3. The molecule has 0 aliphatic rings. The van der Waals surface area contributed by atoms with E-state index in [1.54, 1.807) is 6.07 Å². The van der Waals surface area contributed by atoms with Gasteiger partial charge in [0, 0.05) is 10.6 Å². The SMILES string of the molecule is Cc1ccc(F)c(CCCN)c1Cl. The van der Waals surface area contributed by atoms with Gasteiger partial charge in [0.1, 0.15) is 5.82 Å². The lowest BCUT2D eigenvalue weighted by molar-refractivity contribution is 0.605. The van der Waals surface area contributed by atoms with Crippen molar-refractivity contribution < 1.29 is 4.39 Å². The van der Waals surface area contributed by atoms with Crippen LogP contribution in [0, 0.1) is 12.7 Å². The highest BCUT2D eigenvalue weighted by Crippen LogP contribution is 2.24. The maximum Gasteiger partial charge on any atom is 0.127 e. The van der Waals surface area contributed by atoms with Gasteiger partial charge in [0.25, 0.3) is 0 Å². The predicted octanol–water partition coefficient (Wildman–Crippen LogP) is 2.68. The number of hydrogen-bond acceptors (Lipinski definition) is 1. The standard InChI is InChI=1S/C10H13ClFN/c1-7-4-5-9(12)8(10(7)11)3-2-6-13/h4-5H,2-3,6,13H2,1H3. The van der Waals surface area contributed by atoms with E-state index in [1.807, 2.05) is 6.92 Å². The first kappa shape index (κ1) is 10.5. The Morgan fingerprint density at radius 2 is 2.15 bits per heavy atom. The predicted molar refractivity (Wildman–Crippen MR) is 53.5 cm³/mol. The molecular weight excluding hydrogens is 189 g/mol. The molecular formula is C10H13ClFN. The fraction of sp³-hybridized carbons (Fsp3) is 0.400. The maximum absolute atomic E-state index is 13.2. The number of hydrogen-bond donors (Lipinski definition) is 1. The fourth-order valence-electron chi connectivity index (χ4n) is 1.22. The van der Waals surface area contributed by atoms with Crippen LogP contribution in [0.1, 0.15) is 17.5 Å². The van der Waals surface area contributed by atoms with Gasteiger partial charge in [-0.25, -0.2) is 4.39 Å². The smallest absolute Gasteiger partial charge is 0.127 e. The van der Waals surface area contributed by atoms with E-state index in [0.717, 1.165) is 12.0 Å². The van der Waals surface area contributed by atoms with Crippen LogP contribution >= 0.6 is 11.6 Å². The first-order valence-electron chi connectivity index (χ1n) is 4.30. The van der Waals surface area contributed by atoms with Crippen LogP contribution < -0.4 is 5.73 Å². The molecule has 0 radical (unpaired) electrons. The zero-order valence-corrected chi connectivity index (χ0v) is 8.37. The fourth-order valence-corrected chi connectivity index (χ4v) is 1.47. The molecule has 72 valence electrons. The first-order valence-corrected chi connectivity index (χ1v) is 4.68. The molecule has 0 unspecified atom stereocenters. The molecule has 0 atom stereocenters. The minimum atomic E-state index is -0.232. The van der Waals surface area contributed by atoms with E-state index in [2.05, 4.69) is 0 Å². The van der Waals surface area contributed by atoms with Gasteiger partial charge in [-0.1, -0.05) is 17.7 Å². The largest absolute Gasteiger partial charge is 0.330 e. The molecule has 13 heavy (non-hydrogen) atoms. The van der Waals surface area contributed by atoms with E-state index >= 15 is 0 Å². The molecule has 0 spiro atoms. The molecule has 0 fully saturated rings. The van der Waals surface area contributed by atoms with Gasteiger partial charge in [0.15, 0.2) is 0 Å². The van der Waals surface area contributed by atoms with E-state index in [1.165, 1.54) is 6.07 Å². The summed E-state index contributed by atoms with van der Waals surface area (Å²) < 4.78 is 13.2. The Labute approximate surface area is 82.7 Å². The van der Waals surface area contributed by atoms with Crippen molar-refractivity contribution >= 4 is 11.6 Å². The molecule has 0 saturated heterocycles. The van der Waals surface area contributed by atoms with Crippen LogP contribution in [0.15, 0.2) is 12.1 Å². The average molecular weight is 202 g/mol. The van der Waals surface area contributed by atoms with Gasteiger partial charge >= 0.3 is 0 Å². The maximum atomic E-state index is 13.2. The second-order valence-corrected chi connectivity index (χ2v) is 3.43. The minimum Gasteiger partial charge on any atom is -0.330 e. The van der Waals surface area contributed by atoms with Crippen LogP contribution in [0.25, 0.3) is 0 Å². The summed E-state index contributed by atoms with van der Waals surface area (Å²) in [6.45, 7) is 2.43. The molecule has 0 saturated carbocycles. The Balaban J connectivity index is 2.96. The van der Waals surface area contributed by atoms with Crippen molar-refractivity contribution in [2.75, 3.05) is 6.54 Å². The van der Waals surface area contributed by atoms with E-state index in [9.17, 15) is 4.39 Å². The van der Waals surface area contributed by atoms with Gasteiger partial charge < -0.3 is 5.73 Å². The highest BCUT2D eigenvalue weighted by Gasteiger charge is 2.08. The lowest BCUT2D eigenvalue weighted by Gasteiger charge is -2.07. The molecule has 0 heterocycles. The van der Waals surface area contributed by atoms with Crippen molar-refractivity contribution in [3.05, 3.63) is 34.1 Å². The van der Waals surface area contributed by atoms with Crippen molar-refractivity contribution in [3.63, 3.8) is 0 Å². The molecule has 0 aliphatic carbocycles. The van der Waals surface area contributed by atoms with Crippen molar-refractivity contribution in [1.82, 2.24) is 0 Å². The number of halogens is 2. The van der Waals surface area contributed by atoms with E-state index in [-0.39, 0.29) is 5.82 Å². The van der Waals surface area contributed by atoms with Crippen molar-refractivity contribution in [2.24, 2.45) is 5.73 Å². The molecule has 1 aromatic carbocycles. The molecule has 0 aliphatic heterocycles. The van der Waals surface area contributed by atoms with Crippen LogP contribution in [0.4, 0.5) is 4.39 Å². The third-order valence-electron chi connectivity index (χ3n) is 2.01. The van der Waals surface area contributed by atoms with Crippen LogP contribution in [0.3, 0.4) is 0 Å². The molecule has 3 heteroatoms. The van der Waals surface area contributed by atoms with Gasteiger partial charge in [-0.05, 0) is 37.9 Å². The Bertz CT molecular complexity index is 299. The average Bonchev–Trinajstić information content (AvgIpc) is 2.12. The Morgan fingerprint density at radius 1 is 1.46 bits per heavy atom. The first-order chi connectivity index (χ1) is 6.16. The second-order valence-electron chi connectivity index (χ2n) is 3.05. The van der Waals surface area contributed by atoms with Crippen molar-refractivity contribution in [3.8, 4) is 0 Å². The molecule has 0 bridgehead atoms. The van der Waals surface area contributed by atoms with Crippen LogP contribution in [-0.4, -0.2) is 6.54 Å². The summed E-state index contributed by atoms with van der Waals surface area (Å²) in [6.07, 6.45) is 1.38. The topological polar surface area (TPSA) is 26.0 Å². The minimum absolute atomic E-state index is 0.232. The van der Waals surface area contributed by atoms with Gasteiger partial charge in [0.2, 0.25) is 0 Å². The van der Waals surface area contributed by atoms with Crippen LogP contribution in [0.5, 0.6) is 0 Å². The van der Waals surface area contributed by atoms with Crippen LogP contribution in [-0.2, 0) is 6.42 Å². The van der Waals surface area contributed by atoms with Gasteiger partial charge in [0.05, 0.1) is 0 Å². The Morgan fingerprint density at radius 3 is 2.77 bits per heavy atom. The number of nitrogens with two attached hydrogens (primary N) is 1. The van der Waals surface area contributed by atoms with E-state index in [0.29, 0.717) is 23.6 Å². The summed E-state index contributed by atoms with van der Waals surface area (Å²) in [5.41, 5.74) is 6.85. The molecule has 1 rings (SSSR count). The summed E-state index contributed by atoms with van der Waals surface area (Å²) in [5.74, 6) is -0.232. The summed E-state index contributed by atoms with van der Waals surface area (Å²) in [4.78, 5) is 0. The highest BCUT2D eigenvalue weighted by molar-refractivity contribution is 6.32. The number of benzene rings is 1. The normalized spacial score (nSPS) is 10.5. The van der Waals surface area contributed by atoms with Gasteiger partial charge in [-0.15, -0.1) is 0 Å². The summed E-state index contributed by atoms with van der Waals surface area (Å²) >= 11 is 5.95. The van der Waals surface area contributed by atoms with Gasteiger partial charge in [-0.2, -0.15) is 0 Å². The third-order valence-corrected chi connectivity index (χ3v) is 2.54. The summed E-state index contributed by atoms with van der Waals surface area (Å²) in [5, 5.41) is 0.536. The zero-order chi connectivity index (χ0) is 9.84. The van der Waals surface area contributed by atoms with E-state index in [4.69, 9.17) is 17.3 Å². The summed E-state index contributed by atoms with van der Waals surface area (Å²) in [7, 11) is 0. The zero-order valence-electron chi connectivity index (χ0n) is 7.61. The van der Waals surface area contributed by atoms with Crippen molar-refractivity contribution in [1.29, 1.82) is 0 Å². The lowest BCUT2D eigenvalue weighted by atomic mass is 10.1. The molecule has 2 N–H and O–H groups in total.